The van der Waals surface area contributed by atoms with Crippen molar-refractivity contribution in [3.05, 3.63) is 52.6 Å². The molecule has 0 saturated carbocycles. The van der Waals surface area contributed by atoms with Gasteiger partial charge in [-0.15, -0.1) is 0 Å². The third kappa shape index (κ3) is 3.34. The van der Waals surface area contributed by atoms with E-state index in [0.717, 1.165) is 31.0 Å². The number of anilines is 1. The smallest absolute Gasteiger partial charge is 0.371 e. The van der Waals surface area contributed by atoms with E-state index in [2.05, 4.69) is 9.97 Å². The minimum Gasteiger partial charge on any atom is -0.371 e. The molecule has 0 bridgehead atoms. The van der Waals surface area contributed by atoms with Gasteiger partial charge in [0.15, 0.2) is 0 Å². The van der Waals surface area contributed by atoms with Crippen LogP contribution in [0.1, 0.15) is 40.9 Å². The van der Waals surface area contributed by atoms with Gasteiger partial charge in [0, 0.05) is 50.1 Å². The van der Waals surface area contributed by atoms with Gasteiger partial charge in [0.25, 0.3) is 0 Å². The third-order valence-corrected chi connectivity index (χ3v) is 6.21. The number of amides is 1. The first kappa shape index (κ1) is 18.4. The Kier molecular flexibility index (Phi) is 4.26. The number of carbonyl (C=O) groups is 1. The van der Waals surface area contributed by atoms with Gasteiger partial charge >= 0.3 is 6.18 Å². The summed E-state index contributed by atoms with van der Waals surface area (Å²) in [4.78, 5) is 24.5. The van der Waals surface area contributed by atoms with Crippen LogP contribution in [0.15, 0.2) is 24.5 Å². The first-order chi connectivity index (χ1) is 13.9. The minimum absolute atomic E-state index is 0.102. The lowest BCUT2D eigenvalue weighted by Gasteiger charge is -2.41. The Morgan fingerprint density at radius 1 is 1.14 bits per heavy atom. The summed E-state index contributed by atoms with van der Waals surface area (Å²) in [5, 5.41) is 0. The van der Waals surface area contributed by atoms with E-state index in [1.165, 1.54) is 22.9 Å². The van der Waals surface area contributed by atoms with Gasteiger partial charge in [0.05, 0.1) is 12.2 Å². The number of pyridine rings is 2. The summed E-state index contributed by atoms with van der Waals surface area (Å²) in [5.74, 6) is 0.262. The zero-order valence-electron chi connectivity index (χ0n) is 15.9. The standard InChI is InChI=1S/C21H21F3N4O/c22-21(23,24)19-7-15(4-5-25-19)27-9-13(10-27)6-20(29)28-11-17-16-3-1-2-14(16)8-26-18(17)12-28/h4-5,7-8,13H,1-3,6,9-12H2. The molecule has 5 rings (SSSR count). The van der Waals surface area contributed by atoms with Crippen LogP contribution in [0, 0.1) is 5.92 Å². The van der Waals surface area contributed by atoms with Gasteiger partial charge in [0.1, 0.15) is 5.69 Å². The predicted molar refractivity (Wildman–Crippen MR) is 100 cm³/mol. The molecule has 1 amide bonds. The van der Waals surface area contributed by atoms with Crippen molar-refractivity contribution in [3.8, 4) is 0 Å². The maximum absolute atomic E-state index is 12.8. The largest absolute Gasteiger partial charge is 0.433 e. The van der Waals surface area contributed by atoms with Crippen molar-refractivity contribution in [3.63, 3.8) is 0 Å². The van der Waals surface area contributed by atoms with Crippen molar-refractivity contribution >= 4 is 11.6 Å². The summed E-state index contributed by atoms with van der Waals surface area (Å²) in [6, 6.07) is 2.65. The van der Waals surface area contributed by atoms with Gasteiger partial charge in [0.2, 0.25) is 5.91 Å². The molecule has 1 saturated heterocycles. The minimum atomic E-state index is -4.45. The van der Waals surface area contributed by atoms with E-state index in [1.807, 2.05) is 16.0 Å². The van der Waals surface area contributed by atoms with Crippen LogP contribution in [0.2, 0.25) is 0 Å². The van der Waals surface area contributed by atoms with E-state index in [1.54, 1.807) is 6.07 Å². The maximum atomic E-state index is 12.8. The molecule has 8 heteroatoms. The summed E-state index contributed by atoms with van der Waals surface area (Å²) < 4.78 is 38.5. The summed E-state index contributed by atoms with van der Waals surface area (Å²) in [6.45, 7) is 2.38. The third-order valence-electron chi connectivity index (χ3n) is 6.21. The highest BCUT2D eigenvalue weighted by molar-refractivity contribution is 5.77. The Morgan fingerprint density at radius 2 is 1.97 bits per heavy atom. The number of carbonyl (C=O) groups excluding carboxylic acids is 1. The number of aryl methyl sites for hydroxylation is 1. The molecule has 0 spiro atoms. The molecular weight excluding hydrogens is 381 g/mol. The fourth-order valence-electron chi connectivity index (χ4n) is 4.65. The number of aromatic nitrogens is 2. The van der Waals surface area contributed by atoms with Crippen molar-refractivity contribution in [1.29, 1.82) is 0 Å². The Hall–Kier alpha value is -2.64. The topological polar surface area (TPSA) is 49.3 Å². The van der Waals surface area contributed by atoms with E-state index in [0.29, 0.717) is 38.3 Å². The average Bonchev–Trinajstić information content (AvgIpc) is 3.29. The molecule has 4 heterocycles. The van der Waals surface area contributed by atoms with Gasteiger partial charge in [-0.2, -0.15) is 13.2 Å². The van der Waals surface area contributed by atoms with Gasteiger partial charge in [-0.3, -0.25) is 14.8 Å². The molecule has 0 aromatic carbocycles. The summed E-state index contributed by atoms with van der Waals surface area (Å²) in [6.07, 6.45) is 2.42. The van der Waals surface area contributed by atoms with Crippen LogP contribution in [0.5, 0.6) is 0 Å². The molecule has 29 heavy (non-hydrogen) atoms. The van der Waals surface area contributed by atoms with Crippen molar-refractivity contribution in [2.24, 2.45) is 5.92 Å². The second kappa shape index (κ2) is 6.71. The van der Waals surface area contributed by atoms with Crippen molar-refractivity contribution < 1.29 is 18.0 Å². The maximum Gasteiger partial charge on any atom is 0.433 e. The normalized spacial score (nSPS) is 18.6. The van der Waals surface area contributed by atoms with E-state index < -0.39 is 11.9 Å². The lowest BCUT2D eigenvalue weighted by Crippen LogP contribution is -2.48. The van der Waals surface area contributed by atoms with E-state index in [-0.39, 0.29) is 11.8 Å². The highest BCUT2D eigenvalue weighted by atomic mass is 19.4. The summed E-state index contributed by atoms with van der Waals surface area (Å²) >= 11 is 0. The van der Waals surface area contributed by atoms with E-state index >= 15 is 0 Å². The SMILES string of the molecule is O=C(CC1CN(c2ccnc(C(F)(F)F)c2)C1)N1Cc2ncc3c(c2C1)CCC3. The first-order valence-corrected chi connectivity index (χ1v) is 9.93. The Bertz CT molecular complexity index is 969. The zero-order valence-corrected chi connectivity index (χ0v) is 15.9. The van der Waals surface area contributed by atoms with Crippen LogP contribution < -0.4 is 4.90 Å². The number of nitrogens with zero attached hydrogens (tertiary/aromatic N) is 4. The molecule has 5 nitrogen and oxygen atoms in total. The van der Waals surface area contributed by atoms with Gasteiger partial charge in [-0.1, -0.05) is 0 Å². The highest BCUT2D eigenvalue weighted by Gasteiger charge is 2.36. The van der Waals surface area contributed by atoms with Gasteiger partial charge in [-0.05, 0) is 48.1 Å². The number of hydrogen-bond donors (Lipinski definition) is 0. The van der Waals surface area contributed by atoms with E-state index in [9.17, 15) is 18.0 Å². The Labute approximate surface area is 166 Å². The second-order valence-electron chi connectivity index (χ2n) is 8.16. The molecule has 2 aliphatic heterocycles. The molecule has 0 unspecified atom stereocenters. The molecule has 3 aliphatic rings. The van der Waals surface area contributed by atoms with Crippen molar-refractivity contribution in [2.45, 2.75) is 44.9 Å². The lowest BCUT2D eigenvalue weighted by atomic mass is 9.95. The quantitative estimate of drug-likeness (QED) is 0.790. The molecule has 0 atom stereocenters. The monoisotopic (exact) mass is 402 g/mol. The van der Waals surface area contributed by atoms with Crippen LogP contribution in [-0.4, -0.2) is 33.9 Å². The second-order valence-corrected chi connectivity index (χ2v) is 8.16. The fraction of sp³-hybridized carbons (Fsp3) is 0.476. The molecule has 1 aliphatic carbocycles. The number of rotatable bonds is 3. The fourth-order valence-corrected chi connectivity index (χ4v) is 4.65. The molecular formula is C21H21F3N4O. The van der Waals surface area contributed by atoms with Crippen molar-refractivity contribution in [1.82, 2.24) is 14.9 Å². The van der Waals surface area contributed by atoms with Crippen LogP contribution >= 0.6 is 0 Å². The molecule has 2 aromatic heterocycles. The van der Waals surface area contributed by atoms with Crippen LogP contribution in [0.4, 0.5) is 18.9 Å². The number of alkyl halides is 3. The lowest BCUT2D eigenvalue weighted by molar-refractivity contribution is -0.141. The first-order valence-electron chi connectivity index (χ1n) is 9.93. The molecule has 2 aromatic rings. The Morgan fingerprint density at radius 3 is 2.76 bits per heavy atom. The van der Waals surface area contributed by atoms with Crippen molar-refractivity contribution in [2.75, 3.05) is 18.0 Å². The van der Waals surface area contributed by atoms with E-state index in [4.69, 9.17) is 0 Å². The summed E-state index contributed by atoms with van der Waals surface area (Å²) in [5.41, 5.74) is 4.58. The van der Waals surface area contributed by atoms with Gasteiger partial charge in [-0.25, -0.2) is 0 Å². The summed E-state index contributed by atoms with van der Waals surface area (Å²) in [7, 11) is 0. The number of hydrogen-bond acceptors (Lipinski definition) is 4. The van der Waals surface area contributed by atoms with Crippen LogP contribution in [0.25, 0.3) is 0 Å². The average molecular weight is 402 g/mol. The number of halogens is 3. The molecule has 0 N–H and O–H groups in total. The predicted octanol–water partition coefficient (Wildman–Crippen LogP) is 3.35. The molecule has 0 radical (unpaired) electrons. The van der Waals surface area contributed by atoms with Crippen LogP contribution in [-0.2, 0) is 36.9 Å². The zero-order chi connectivity index (χ0) is 20.2. The van der Waals surface area contributed by atoms with Crippen LogP contribution in [0.3, 0.4) is 0 Å². The van der Waals surface area contributed by atoms with Gasteiger partial charge < -0.3 is 9.80 Å². The molecule has 1 fully saturated rings. The highest BCUT2D eigenvalue weighted by Crippen LogP contribution is 2.35. The Balaban J connectivity index is 1.18. The molecule has 152 valence electrons. The number of fused-ring (bicyclic) bond motifs is 3.